The second kappa shape index (κ2) is 5.26. The largest absolute Gasteiger partial charge is 0.336 e. The van der Waals surface area contributed by atoms with E-state index in [9.17, 15) is 9.59 Å². The third-order valence-corrected chi connectivity index (χ3v) is 4.21. The molecular formula is C14H20N4O2. The van der Waals surface area contributed by atoms with Gasteiger partial charge in [-0.1, -0.05) is 32.1 Å². The van der Waals surface area contributed by atoms with Gasteiger partial charge in [0.2, 0.25) is 0 Å². The van der Waals surface area contributed by atoms with Gasteiger partial charge in [0.05, 0.1) is 0 Å². The third-order valence-electron chi connectivity index (χ3n) is 4.21. The fourth-order valence-corrected chi connectivity index (χ4v) is 3.14. The highest BCUT2D eigenvalue weighted by molar-refractivity contribution is 5.69. The Kier molecular flexibility index (Phi) is 3.46. The van der Waals surface area contributed by atoms with Gasteiger partial charge in [-0.2, -0.15) is 0 Å². The summed E-state index contributed by atoms with van der Waals surface area (Å²) in [5, 5.41) is 0. The molecule has 108 valence electrons. The number of fused-ring (bicyclic) bond motifs is 1. The van der Waals surface area contributed by atoms with Crippen molar-refractivity contribution in [3.05, 3.63) is 26.7 Å². The lowest BCUT2D eigenvalue weighted by atomic mass is 9.87. The lowest BCUT2D eigenvalue weighted by Gasteiger charge is -2.20. The van der Waals surface area contributed by atoms with Crippen molar-refractivity contribution in [2.75, 3.05) is 0 Å². The molecule has 2 aromatic rings. The number of imidazole rings is 1. The van der Waals surface area contributed by atoms with Crippen LogP contribution in [-0.2, 0) is 13.0 Å². The molecule has 0 radical (unpaired) electrons. The van der Waals surface area contributed by atoms with Crippen molar-refractivity contribution < 1.29 is 0 Å². The van der Waals surface area contributed by atoms with Crippen LogP contribution in [0.1, 0.15) is 44.9 Å². The Bertz CT molecular complexity index is 719. The highest BCUT2D eigenvalue weighted by atomic mass is 16.2. The lowest BCUT2D eigenvalue weighted by Crippen LogP contribution is -2.29. The first-order valence-electron chi connectivity index (χ1n) is 7.40. The van der Waals surface area contributed by atoms with Crippen molar-refractivity contribution in [1.82, 2.24) is 19.5 Å². The highest BCUT2D eigenvalue weighted by Gasteiger charge is 2.17. The molecule has 1 fully saturated rings. The number of aromatic nitrogens is 4. The van der Waals surface area contributed by atoms with Crippen molar-refractivity contribution >= 4 is 11.2 Å². The number of aromatic amines is 2. The van der Waals surface area contributed by atoms with Gasteiger partial charge in [0.1, 0.15) is 11.3 Å². The van der Waals surface area contributed by atoms with E-state index in [0.717, 1.165) is 12.2 Å². The van der Waals surface area contributed by atoms with Crippen LogP contribution in [0.5, 0.6) is 0 Å². The standard InChI is InChI=1S/C14H20N4O2/c1-2-18-12-11(13(19)17-14(18)20)15-10(16-12)8-9-6-4-3-5-7-9/h9H,2-8H2,1H3,(H,15,16)(H,17,19,20). The van der Waals surface area contributed by atoms with Gasteiger partial charge in [0.25, 0.3) is 5.56 Å². The molecule has 0 aromatic carbocycles. The summed E-state index contributed by atoms with van der Waals surface area (Å²) >= 11 is 0. The predicted molar refractivity (Wildman–Crippen MR) is 76.9 cm³/mol. The first-order valence-corrected chi connectivity index (χ1v) is 7.40. The minimum Gasteiger partial charge on any atom is -0.336 e. The van der Waals surface area contributed by atoms with E-state index < -0.39 is 0 Å². The summed E-state index contributed by atoms with van der Waals surface area (Å²) < 4.78 is 1.50. The van der Waals surface area contributed by atoms with Gasteiger partial charge in [0.15, 0.2) is 5.65 Å². The van der Waals surface area contributed by atoms with Crippen molar-refractivity contribution in [3.8, 4) is 0 Å². The maximum absolute atomic E-state index is 11.8. The Balaban J connectivity index is 1.99. The molecule has 2 aromatic heterocycles. The molecule has 2 N–H and O–H groups in total. The van der Waals surface area contributed by atoms with Gasteiger partial charge in [-0.05, 0) is 12.8 Å². The van der Waals surface area contributed by atoms with Crippen molar-refractivity contribution in [2.45, 2.75) is 52.0 Å². The molecule has 1 saturated carbocycles. The Morgan fingerprint density at radius 2 is 1.95 bits per heavy atom. The predicted octanol–water partition coefficient (Wildman–Crippen LogP) is 1.56. The maximum atomic E-state index is 11.8. The van der Waals surface area contributed by atoms with Crippen molar-refractivity contribution in [1.29, 1.82) is 0 Å². The molecule has 1 aliphatic rings. The van der Waals surface area contributed by atoms with Gasteiger partial charge in [-0.3, -0.25) is 14.3 Å². The van der Waals surface area contributed by atoms with Crippen LogP contribution in [0, 0.1) is 5.92 Å². The molecule has 0 atom stereocenters. The first-order chi connectivity index (χ1) is 9.69. The number of rotatable bonds is 3. The van der Waals surface area contributed by atoms with E-state index in [1.165, 1.54) is 36.7 Å². The minimum atomic E-state index is -0.388. The van der Waals surface area contributed by atoms with Crippen LogP contribution >= 0.6 is 0 Å². The second-order valence-corrected chi connectivity index (χ2v) is 5.59. The van der Waals surface area contributed by atoms with Crippen LogP contribution in [0.4, 0.5) is 0 Å². The molecule has 0 amide bonds. The Labute approximate surface area is 116 Å². The van der Waals surface area contributed by atoms with Crippen molar-refractivity contribution in [3.63, 3.8) is 0 Å². The van der Waals surface area contributed by atoms with Gasteiger partial charge < -0.3 is 4.98 Å². The molecule has 1 aliphatic carbocycles. The molecule has 3 rings (SSSR count). The summed E-state index contributed by atoms with van der Waals surface area (Å²) in [6, 6.07) is 0. The van der Waals surface area contributed by atoms with Crippen LogP contribution in [0.15, 0.2) is 9.59 Å². The summed E-state index contributed by atoms with van der Waals surface area (Å²) in [4.78, 5) is 33.5. The molecule has 0 saturated heterocycles. The SMILES string of the molecule is CCn1c(=O)[nH]c(=O)c2[nH]c(CC3CCCCC3)nc21. The molecule has 0 unspecified atom stereocenters. The normalized spacial score (nSPS) is 16.9. The number of aryl methyl sites for hydroxylation is 1. The molecule has 0 spiro atoms. The molecular weight excluding hydrogens is 256 g/mol. The zero-order valence-corrected chi connectivity index (χ0v) is 11.7. The molecule has 0 aliphatic heterocycles. The van der Waals surface area contributed by atoms with E-state index in [1.807, 2.05) is 6.92 Å². The van der Waals surface area contributed by atoms with E-state index >= 15 is 0 Å². The van der Waals surface area contributed by atoms with E-state index in [0.29, 0.717) is 23.6 Å². The summed E-state index contributed by atoms with van der Waals surface area (Å²) in [6.45, 7) is 2.37. The molecule has 2 heterocycles. The summed E-state index contributed by atoms with van der Waals surface area (Å²) in [5.74, 6) is 1.47. The zero-order valence-electron chi connectivity index (χ0n) is 11.7. The van der Waals surface area contributed by atoms with E-state index in [-0.39, 0.29) is 11.2 Å². The Hall–Kier alpha value is -1.85. The Morgan fingerprint density at radius 3 is 2.65 bits per heavy atom. The minimum absolute atomic E-state index is 0.378. The van der Waals surface area contributed by atoms with Gasteiger partial charge in [-0.25, -0.2) is 9.78 Å². The number of hydrogen-bond donors (Lipinski definition) is 2. The smallest absolute Gasteiger partial charge is 0.330 e. The van der Waals surface area contributed by atoms with E-state index in [1.54, 1.807) is 0 Å². The number of hydrogen-bond acceptors (Lipinski definition) is 3. The van der Waals surface area contributed by atoms with E-state index in [4.69, 9.17) is 0 Å². The van der Waals surface area contributed by atoms with Crippen LogP contribution in [0.3, 0.4) is 0 Å². The topological polar surface area (TPSA) is 83.5 Å². The fourth-order valence-electron chi connectivity index (χ4n) is 3.14. The van der Waals surface area contributed by atoms with Gasteiger partial charge in [-0.15, -0.1) is 0 Å². The van der Waals surface area contributed by atoms with E-state index in [2.05, 4.69) is 15.0 Å². The van der Waals surface area contributed by atoms with Gasteiger partial charge >= 0.3 is 5.69 Å². The second-order valence-electron chi connectivity index (χ2n) is 5.59. The number of H-pyrrole nitrogens is 2. The zero-order chi connectivity index (χ0) is 14.1. The fraction of sp³-hybridized carbons (Fsp3) is 0.643. The summed E-state index contributed by atoms with van der Waals surface area (Å²) in [6.07, 6.45) is 7.22. The first kappa shape index (κ1) is 13.1. The average Bonchev–Trinajstić information content (AvgIpc) is 2.84. The Morgan fingerprint density at radius 1 is 1.20 bits per heavy atom. The monoisotopic (exact) mass is 276 g/mol. The van der Waals surface area contributed by atoms with Crippen LogP contribution in [-0.4, -0.2) is 19.5 Å². The average molecular weight is 276 g/mol. The summed E-state index contributed by atoms with van der Waals surface area (Å²) in [7, 11) is 0. The molecule has 20 heavy (non-hydrogen) atoms. The maximum Gasteiger partial charge on any atom is 0.330 e. The quantitative estimate of drug-likeness (QED) is 0.892. The summed E-state index contributed by atoms with van der Waals surface area (Å²) in [5.41, 5.74) is 0.127. The van der Waals surface area contributed by atoms with Crippen LogP contribution in [0.25, 0.3) is 11.2 Å². The highest BCUT2D eigenvalue weighted by Crippen LogP contribution is 2.26. The van der Waals surface area contributed by atoms with Crippen molar-refractivity contribution in [2.24, 2.45) is 5.92 Å². The lowest BCUT2D eigenvalue weighted by molar-refractivity contribution is 0.352. The molecule has 6 heteroatoms. The van der Waals surface area contributed by atoms with Gasteiger partial charge in [0, 0.05) is 13.0 Å². The molecule has 6 nitrogen and oxygen atoms in total. The number of nitrogens with one attached hydrogen (secondary N) is 2. The number of nitrogens with zero attached hydrogens (tertiary/aromatic N) is 2. The molecule has 0 bridgehead atoms. The van der Waals surface area contributed by atoms with Crippen LogP contribution < -0.4 is 11.2 Å². The van der Waals surface area contributed by atoms with Crippen LogP contribution in [0.2, 0.25) is 0 Å². The third kappa shape index (κ3) is 2.30.